The molecule has 0 saturated heterocycles. The largest absolute Gasteiger partial charge is 0.486 e. The number of nitrogens with zero attached hydrogens (tertiary/aromatic N) is 1. The number of ether oxygens (including phenoxy) is 2. The highest BCUT2D eigenvalue weighted by Gasteiger charge is 2.17. The first-order chi connectivity index (χ1) is 12.9. The third-order valence-corrected chi connectivity index (χ3v) is 4.40. The second-order valence-electron chi connectivity index (χ2n) is 6.45. The Morgan fingerprint density at radius 3 is 2.48 bits per heavy atom. The Hall–Kier alpha value is -2.73. The van der Waals surface area contributed by atoms with Crippen molar-refractivity contribution in [2.75, 3.05) is 27.3 Å². The number of carbonyl (C=O) groups excluding carboxylic acids is 2. The summed E-state index contributed by atoms with van der Waals surface area (Å²) in [5, 5.41) is 3.31. The van der Waals surface area contributed by atoms with Crippen LogP contribution in [0.25, 0.3) is 0 Å². The molecule has 1 aliphatic rings. The maximum Gasteiger partial charge on any atom is 0.253 e. The van der Waals surface area contributed by atoms with E-state index in [1.54, 1.807) is 38.4 Å². The fourth-order valence-electron chi connectivity index (χ4n) is 2.74. The molecule has 142 valence electrons. The van der Waals surface area contributed by atoms with Gasteiger partial charge in [0.15, 0.2) is 11.5 Å². The van der Waals surface area contributed by atoms with E-state index in [0.29, 0.717) is 41.8 Å². The van der Waals surface area contributed by atoms with Gasteiger partial charge in [-0.15, -0.1) is 0 Å². The van der Waals surface area contributed by atoms with Gasteiger partial charge in [-0.1, -0.05) is 23.7 Å². The van der Waals surface area contributed by atoms with E-state index >= 15 is 0 Å². The van der Waals surface area contributed by atoms with Crippen LogP contribution in [0.1, 0.15) is 21.5 Å². The summed E-state index contributed by atoms with van der Waals surface area (Å²) in [6.45, 7) is 1.31. The molecular formula is C20H21ClN2O4. The van der Waals surface area contributed by atoms with Crippen LogP contribution in [0.4, 0.5) is 0 Å². The number of hydrogen-bond acceptors (Lipinski definition) is 4. The van der Waals surface area contributed by atoms with Gasteiger partial charge in [-0.3, -0.25) is 9.59 Å². The van der Waals surface area contributed by atoms with E-state index in [2.05, 4.69) is 5.32 Å². The smallest absolute Gasteiger partial charge is 0.253 e. The van der Waals surface area contributed by atoms with Crippen LogP contribution >= 0.6 is 11.6 Å². The van der Waals surface area contributed by atoms with E-state index in [0.717, 1.165) is 11.1 Å². The number of halogens is 1. The molecular weight excluding hydrogens is 368 g/mol. The predicted molar refractivity (Wildman–Crippen MR) is 102 cm³/mol. The molecule has 0 unspecified atom stereocenters. The number of rotatable bonds is 5. The molecule has 7 heteroatoms. The highest BCUT2D eigenvalue weighted by atomic mass is 35.5. The van der Waals surface area contributed by atoms with Crippen LogP contribution in [0.15, 0.2) is 36.4 Å². The van der Waals surface area contributed by atoms with Gasteiger partial charge in [0.05, 0.1) is 11.4 Å². The fourth-order valence-corrected chi connectivity index (χ4v) is 3.03. The molecule has 0 saturated carbocycles. The van der Waals surface area contributed by atoms with E-state index in [-0.39, 0.29) is 18.2 Å². The van der Waals surface area contributed by atoms with Crippen molar-refractivity contribution in [1.82, 2.24) is 10.2 Å². The number of carbonyl (C=O) groups is 2. The van der Waals surface area contributed by atoms with Crippen LogP contribution in [0.5, 0.6) is 11.5 Å². The molecule has 0 radical (unpaired) electrons. The molecule has 1 aliphatic heterocycles. The van der Waals surface area contributed by atoms with E-state index in [4.69, 9.17) is 21.1 Å². The van der Waals surface area contributed by atoms with Gasteiger partial charge in [-0.25, -0.2) is 0 Å². The first-order valence-electron chi connectivity index (χ1n) is 8.59. The summed E-state index contributed by atoms with van der Waals surface area (Å²) in [6, 6.07) is 10.7. The van der Waals surface area contributed by atoms with Crippen LogP contribution in [0.3, 0.4) is 0 Å². The topological polar surface area (TPSA) is 67.9 Å². The zero-order valence-corrected chi connectivity index (χ0v) is 16.0. The monoisotopic (exact) mass is 388 g/mol. The molecule has 2 aromatic carbocycles. The number of hydrogen-bond donors (Lipinski definition) is 1. The number of fused-ring (bicyclic) bond motifs is 1. The molecule has 1 heterocycles. The highest BCUT2D eigenvalue weighted by Crippen LogP contribution is 2.38. The average molecular weight is 389 g/mol. The van der Waals surface area contributed by atoms with Crippen LogP contribution < -0.4 is 14.8 Å². The summed E-state index contributed by atoms with van der Waals surface area (Å²) in [5.41, 5.74) is 2.29. The van der Waals surface area contributed by atoms with Gasteiger partial charge in [0.25, 0.3) is 5.91 Å². The molecule has 0 aromatic heterocycles. The molecule has 0 atom stereocenters. The molecule has 1 N–H and O–H groups in total. The van der Waals surface area contributed by atoms with Crippen LogP contribution in [0.2, 0.25) is 5.02 Å². The van der Waals surface area contributed by atoms with Gasteiger partial charge < -0.3 is 19.7 Å². The van der Waals surface area contributed by atoms with Gasteiger partial charge >= 0.3 is 0 Å². The number of nitrogens with one attached hydrogen (secondary N) is 1. The quantitative estimate of drug-likeness (QED) is 0.855. The van der Waals surface area contributed by atoms with Crippen molar-refractivity contribution in [2.45, 2.75) is 13.0 Å². The van der Waals surface area contributed by atoms with E-state index < -0.39 is 0 Å². The second kappa shape index (κ2) is 8.31. The van der Waals surface area contributed by atoms with Crippen molar-refractivity contribution in [3.8, 4) is 11.5 Å². The normalized spacial score (nSPS) is 12.4. The molecule has 0 spiro atoms. The summed E-state index contributed by atoms with van der Waals surface area (Å²) in [5.74, 6) is 0.911. The Bertz CT molecular complexity index is 850. The lowest BCUT2D eigenvalue weighted by Gasteiger charge is -2.20. The van der Waals surface area contributed by atoms with Crippen molar-refractivity contribution < 1.29 is 19.1 Å². The molecule has 3 rings (SSSR count). The van der Waals surface area contributed by atoms with Crippen molar-refractivity contribution in [1.29, 1.82) is 0 Å². The van der Waals surface area contributed by atoms with Crippen LogP contribution in [-0.2, 0) is 17.8 Å². The van der Waals surface area contributed by atoms with Gasteiger partial charge in [-0.2, -0.15) is 0 Å². The van der Waals surface area contributed by atoms with Crippen molar-refractivity contribution in [2.24, 2.45) is 0 Å². The summed E-state index contributed by atoms with van der Waals surface area (Å²) in [4.78, 5) is 25.6. The van der Waals surface area contributed by atoms with Gasteiger partial charge in [-0.05, 0) is 35.4 Å². The lowest BCUT2D eigenvalue weighted by molar-refractivity contribution is -0.120. The van der Waals surface area contributed by atoms with E-state index in [1.165, 1.54) is 4.90 Å². The fraction of sp³-hybridized carbons (Fsp3) is 0.300. The minimum Gasteiger partial charge on any atom is -0.486 e. The van der Waals surface area contributed by atoms with Crippen molar-refractivity contribution in [3.63, 3.8) is 0 Å². The summed E-state index contributed by atoms with van der Waals surface area (Å²) in [6.07, 6.45) is 0.188. The van der Waals surface area contributed by atoms with Gasteiger partial charge in [0, 0.05) is 26.2 Å². The van der Waals surface area contributed by atoms with Crippen molar-refractivity contribution >= 4 is 23.4 Å². The molecule has 0 aliphatic carbocycles. The number of benzene rings is 2. The standard InChI is InChI=1S/C20H21ClN2O4/c1-23(2)20(25)15-5-3-13(4-6-15)12-22-18(24)11-14-9-16(21)19-17(10-14)26-7-8-27-19/h3-6,9-10H,7-8,11-12H2,1-2H3,(H,22,24). The van der Waals surface area contributed by atoms with Gasteiger partial charge in [0.2, 0.25) is 5.91 Å². The third-order valence-electron chi connectivity index (χ3n) is 4.12. The van der Waals surface area contributed by atoms with Crippen molar-refractivity contribution in [3.05, 3.63) is 58.1 Å². The molecule has 0 bridgehead atoms. The molecule has 0 fully saturated rings. The highest BCUT2D eigenvalue weighted by molar-refractivity contribution is 6.32. The van der Waals surface area contributed by atoms with Gasteiger partial charge in [0.1, 0.15) is 13.2 Å². The molecule has 27 heavy (non-hydrogen) atoms. The third kappa shape index (κ3) is 4.71. The summed E-state index contributed by atoms with van der Waals surface area (Å²) < 4.78 is 11.0. The Kier molecular flexibility index (Phi) is 5.86. The minimum absolute atomic E-state index is 0.0546. The minimum atomic E-state index is -0.129. The zero-order chi connectivity index (χ0) is 19.4. The zero-order valence-electron chi connectivity index (χ0n) is 15.3. The van der Waals surface area contributed by atoms with E-state index in [1.807, 2.05) is 12.1 Å². The average Bonchev–Trinajstić information content (AvgIpc) is 2.66. The first-order valence-corrected chi connectivity index (χ1v) is 8.97. The lowest BCUT2D eigenvalue weighted by Crippen LogP contribution is -2.25. The Morgan fingerprint density at radius 1 is 1.07 bits per heavy atom. The number of amides is 2. The Balaban J connectivity index is 1.57. The summed E-state index contributed by atoms with van der Waals surface area (Å²) in [7, 11) is 3.42. The first kappa shape index (κ1) is 19.0. The maximum absolute atomic E-state index is 12.2. The maximum atomic E-state index is 12.2. The van der Waals surface area contributed by atoms with E-state index in [9.17, 15) is 9.59 Å². The molecule has 6 nitrogen and oxygen atoms in total. The second-order valence-corrected chi connectivity index (χ2v) is 6.86. The lowest BCUT2D eigenvalue weighted by atomic mass is 10.1. The molecule has 2 aromatic rings. The Morgan fingerprint density at radius 2 is 1.78 bits per heavy atom. The predicted octanol–water partition coefficient (Wildman–Crippen LogP) is 2.67. The summed E-state index contributed by atoms with van der Waals surface area (Å²) >= 11 is 6.20. The Labute approximate surface area is 163 Å². The van der Waals surface area contributed by atoms with Crippen LogP contribution in [-0.4, -0.2) is 44.0 Å². The van der Waals surface area contributed by atoms with Crippen LogP contribution in [0, 0.1) is 0 Å². The molecule has 2 amide bonds. The SMILES string of the molecule is CN(C)C(=O)c1ccc(CNC(=O)Cc2cc(Cl)c3c(c2)OCCO3)cc1.